The lowest BCUT2D eigenvalue weighted by molar-refractivity contribution is -0.137. The lowest BCUT2D eigenvalue weighted by atomic mass is 10.2. The van der Waals surface area contributed by atoms with Gasteiger partial charge >= 0.3 is 6.18 Å². The Balaban J connectivity index is 2.16. The predicted molar refractivity (Wildman–Crippen MR) is 76.4 cm³/mol. The summed E-state index contributed by atoms with van der Waals surface area (Å²) in [6, 6.07) is 5.07. The third kappa shape index (κ3) is 3.50. The van der Waals surface area contributed by atoms with E-state index in [1.54, 1.807) is 17.8 Å². The molecule has 2 rings (SSSR count). The third-order valence-electron chi connectivity index (χ3n) is 3.15. The van der Waals surface area contributed by atoms with Gasteiger partial charge in [-0.2, -0.15) is 18.3 Å². The summed E-state index contributed by atoms with van der Waals surface area (Å²) in [5.41, 5.74) is 1.23. The Morgan fingerprint density at radius 1 is 1.33 bits per heavy atom. The number of nitrogens with zero attached hydrogens (tertiary/aromatic N) is 2. The number of nitrogens with one attached hydrogen (secondary N) is 1. The van der Waals surface area contributed by atoms with Crippen molar-refractivity contribution in [3.8, 4) is 0 Å². The van der Waals surface area contributed by atoms with Gasteiger partial charge in [0, 0.05) is 12.7 Å². The zero-order valence-corrected chi connectivity index (χ0v) is 12.4. The van der Waals surface area contributed by atoms with Gasteiger partial charge in [-0.1, -0.05) is 24.6 Å². The lowest BCUT2D eigenvalue weighted by Gasteiger charge is -2.11. The molecule has 21 heavy (non-hydrogen) atoms. The fourth-order valence-corrected chi connectivity index (χ4v) is 2.36. The molecule has 1 aromatic carbocycles. The van der Waals surface area contributed by atoms with Crippen LogP contribution in [-0.4, -0.2) is 9.78 Å². The van der Waals surface area contributed by atoms with E-state index in [0.29, 0.717) is 23.7 Å². The van der Waals surface area contributed by atoms with Gasteiger partial charge in [0.2, 0.25) is 0 Å². The highest BCUT2D eigenvalue weighted by Gasteiger charge is 2.30. The Labute approximate surface area is 125 Å². The van der Waals surface area contributed by atoms with E-state index in [0.717, 1.165) is 23.5 Å². The molecular weight excluding hydrogens is 303 g/mol. The van der Waals surface area contributed by atoms with Crippen LogP contribution in [0.15, 0.2) is 24.3 Å². The molecule has 0 aliphatic heterocycles. The molecule has 0 fully saturated rings. The van der Waals surface area contributed by atoms with Gasteiger partial charge in [0.15, 0.2) is 0 Å². The fraction of sp³-hybridized carbons (Fsp3) is 0.357. The maximum absolute atomic E-state index is 12.6. The molecule has 0 saturated heterocycles. The Bertz CT molecular complexity index is 635. The van der Waals surface area contributed by atoms with E-state index in [4.69, 9.17) is 11.6 Å². The Morgan fingerprint density at radius 3 is 2.62 bits per heavy atom. The predicted octanol–water partition coefficient (Wildman–Crippen LogP) is 4.27. The quantitative estimate of drug-likeness (QED) is 0.912. The smallest absolute Gasteiger partial charge is 0.379 e. The van der Waals surface area contributed by atoms with E-state index in [1.807, 2.05) is 6.92 Å². The van der Waals surface area contributed by atoms with Crippen molar-refractivity contribution in [2.45, 2.75) is 26.1 Å². The lowest BCUT2D eigenvalue weighted by Crippen LogP contribution is -2.08. The van der Waals surface area contributed by atoms with E-state index in [1.165, 1.54) is 6.07 Å². The highest BCUT2D eigenvalue weighted by atomic mass is 35.5. The molecule has 0 spiro atoms. The largest absolute Gasteiger partial charge is 0.416 e. The maximum Gasteiger partial charge on any atom is 0.416 e. The van der Waals surface area contributed by atoms with Crippen molar-refractivity contribution < 1.29 is 13.2 Å². The van der Waals surface area contributed by atoms with Crippen LogP contribution < -0.4 is 5.32 Å². The summed E-state index contributed by atoms with van der Waals surface area (Å²) < 4.78 is 39.6. The third-order valence-corrected chi connectivity index (χ3v) is 3.59. The van der Waals surface area contributed by atoms with Gasteiger partial charge in [0.05, 0.1) is 28.5 Å². The van der Waals surface area contributed by atoms with Crippen LogP contribution in [0.5, 0.6) is 0 Å². The van der Waals surface area contributed by atoms with E-state index < -0.39 is 11.7 Å². The summed E-state index contributed by atoms with van der Waals surface area (Å²) in [5.74, 6) is 0. The van der Waals surface area contributed by atoms with Gasteiger partial charge < -0.3 is 5.32 Å². The number of alkyl halides is 3. The van der Waals surface area contributed by atoms with Crippen LogP contribution in [0.1, 0.15) is 23.9 Å². The first kappa shape index (κ1) is 15.7. The van der Waals surface area contributed by atoms with Crippen molar-refractivity contribution in [1.82, 2.24) is 9.78 Å². The number of rotatable bonds is 4. The molecule has 0 saturated carbocycles. The minimum atomic E-state index is -4.35. The Morgan fingerprint density at radius 2 is 2.05 bits per heavy atom. The van der Waals surface area contributed by atoms with Crippen LogP contribution in [0.4, 0.5) is 18.9 Å². The van der Waals surface area contributed by atoms with Gasteiger partial charge in [-0.05, 0) is 24.6 Å². The zero-order valence-electron chi connectivity index (χ0n) is 11.6. The van der Waals surface area contributed by atoms with E-state index in [9.17, 15) is 13.2 Å². The minimum absolute atomic E-state index is 0.309. The van der Waals surface area contributed by atoms with E-state index >= 15 is 0 Å². The average molecular weight is 318 g/mol. The second-order valence-electron chi connectivity index (χ2n) is 4.62. The molecule has 0 radical (unpaired) electrons. The first-order chi connectivity index (χ1) is 9.82. The van der Waals surface area contributed by atoms with E-state index in [-0.39, 0.29) is 0 Å². The van der Waals surface area contributed by atoms with Crippen molar-refractivity contribution in [2.24, 2.45) is 7.05 Å². The van der Waals surface area contributed by atoms with Gasteiger partial charge in [-0.25, -0.2) is 0 Å². The SMILES string of the molecule is CCc1nn(C)c(CNc2cccc(C(F)(F)F)c2)c1Cl. The second-order valence-corrected chi connectivity index (χ2v) is 4.99. The number of benzene rings is 1. The standard InChI is InChI=1S/C14H15ClF3N3/c1-3-11-13(15)12(21(2)20-11)8-19-10-6-4-5-9(7-10)14(16,17)18/h4-7,19H,3,8H2,1-2H3. The molecule has 0 atom stereocenters. The molecule has 0 aliphatic rings. The number of aromatic nitrogens is 2. The normalized spacial score (nSPS) is 11.7. The van der Waals surface area contributed by atoms with Gasteiger partial charge in [-0.15, -0.1) is 0 Å². The Kier molecular flexibility index (Phi) is 4.46. The highest BCUT2D eigenvalue weighted by molar-refractivity contribution is 6.31. The fourth-order valence-electron chi connectivity index (χ4n) is 2.00. The average Bonchev–Trinajstić information content (AvgIpc) is 2.70. The zero-order chi connectivity index (χ0) is 15.6. The van der Waals surface area contributed by atoms with Gasteiger partial charge in [0.25, 0.3) is 0 Å². The number of halogens is 4. The summed E-state index contributed by atoms with van der Waals surface area (Å²) in [5, 5.41) is 7.76. The molecular formula is C14H15ClF3N3. The summed E-state index contributed by atoms with van der Waals surface area (Å²) in [6.07, 6.45) is -3.65. The van der Waals surface area contributed by atoms with Crippen LogP contribution in [-0.2, 0) is 26.2 Å². The molecule has 114 valence electrons. The van der Waals surface area contributed by atoms with Crippen LogP contribution in [0, 0.1) is 0 Å². The molecule has 1 N–H and O–H groups in total. The first-order valence-electron chi connectivity index (χ1n) is 6.44. The maximum atomic E-state index is 12.6. The second kappa shape index (κ2) is 5.97. The molecule has 0 unspecified atom stereocenters. The first-order valence-corrected chi connectivity index (χ1v) is 6.82. The summed E-state index contributed by atoms with van der Waals surface area (Å²) >= 11 is 6.20. The van der Waals surface area contributed by atoms with Gasteiger partial charge in [0.1, 0.15) is 0 Å². The topological polar surface area (TPSA) is 29.9 Å². The van der Waals surface area contributed by atoms with Crippen molar-refractivity contribution >= 4 is 17.3 Å². The van der Waals surface area contributed by atoms with E-state index in [2.05, 4.69) is 10.4 Å². The van der Waals surface area contributed by atoms with Crippen molar-refractivity contribution in [1.29, 1.82) is 0 Å². The number of aryl methyl sites for hydroxylation is 2. The molecule has 2 aromatic rings. The molecule has 3 nitrogen and oxygen atoms in total. The molecule has 0 amide bonds. The number of hydrogen-bond donors (Lipinski definition) is 1. The van der Waals surface area contributed by atoms with Crippen molar-refractivity contribution in [2.75, 3.05) is 5.32 Å². The molecule has 1 heterocycles. The Hall–Kier alpha value is -1.69. The molecule has 7 heteroatoms. The van der Waals surface area contributed by atoms with Gasteiger partial charge in [-0.3, -0.25) is 4.68 Å². The van der Waals surface area contributed by atoms with Crippen LogP contribution in [0.2, 0.25) is 5.02 Å². The van der Waals surface area contributed by atoms with Crippen molar-refractivity contribution in [3.05, 3.63) is 46.2 Å². The molecule has 0 bridgehead atoms. The summed E-state index contributed by atoms with van der Waals surface area (Å²) in [6.45, 7) is 2.25. The highest BCUT2D eigenvalue weighted by Crippen LogP contribution is 2.31. The van der Waals surface area contributed by atoms with Crippen LogP contribution in [0.25, 0.3) is 0 Å². The van der Waals surface area contributed by atoms with Crippen LogP contribution in [0.3, 0.4) is 0 Å². The van der Waals surface area contributed by atoms with Crippen molar-refractivity contribution in [3.63, 3.8) is 0 Å². The minimum Gasteiger partial charge on any atom is -0.379 e. The number of hydrogen-bond acceptors (Lipinski definition) is 2. The number of anilines is 1. The molecule has 1 aromatic heterocycles. The van der Waals surface area contributed by atoms with Crippen LogP contribution >= 0.6 is 11.6 Å². The summed E-state index contributed by atoms with van der Waals surface area (Å²) in [7, 11) is 1.76. The summed E-state index contributed by atoms with van der Waals surface area (Å²) in [4.78, 5) is 0. The molecule has 0 aliphatic carbocycles. The monoisotopic (exact) mass is 317 g/mol.